The Bertz CT molecular complexity index is 3390. The molecule has 12 aromatic rings. The molecule has 12 aromatic carbocycles. The molecule has 1 saturated carbocycles. The molecule has 0 aromatic heterocycles. The first-order valence-electron chi connectivity index (χ1n) is 36.8. The Morgan fingerprint density at radius 2 is 0.505 bits per heavy atom. The molecule has 13 rings (SSSR count). The first-order valence-corrected chi connectivity index (χ1v) is 49.9. The van der Waals surface area contributed by atoms with Gasteiger partial charge in [0.25, 0.3) is 0 Å². The minimum Gasteiger partial charge on any atom is -0.0622 e. The average Bonchev–Trinajstić information content (AvgIpc) is 0.745. The zero-order valence-corrected chi connectivity index (χ0v) is 68.8. The monoisotopic (exact) mass is 1620 g/mol. The maximum atomic E-state index is 11.6. The molecule has 1 fully saturated rings. The van der Waals surface area contributed by atoms with Crippen LogP contribution in [-0.4, -0.2) is 29.1 Å². The van der Waals surface area contributed by atoms with Crippen LogP contribution in [0.15, 0.2) is 374 Å². The fourth-order valence-corrected chi connectivity index (χ4v) is 36.8. The predicted molar refractivity (Wildman–Crippen MR) is 456 cm³/mol. The summed E-state index contributed by atoms with van der Waals surface area (Å²) in [5, 5.41) is 38.2. The van der Waals surface area contributed by atoms with Crippen LogP contribution in [-0.2, 0) is 20.4 Å². The average molecular weight is 1620 g/mol. The van der Waals surface area contributed by atoms with Gasteiger partial charge in [-0.3, -0.25) is 0 Å². The smallest absolute Gasteiger partial charge is 0 e. The standard InChI is InChI=1S/4C18H15P.C11H16NO.3C4H9.Pd.Sn/c4*1-4-10-16(11-5-1)19(17-12-6-2-7-13-17)18-14-8-3-9-15-18;1-4-11(13,9(2)3)10(8-12)6-5-7-10;3*1-3-4-2;;/h4*1-15H;1,4,9,13H,5-7H2,2-3H3;3*1,3-4H2,2H3;;. The van der Waals surface area contributed by atoms with Crippen LogP contribution >= 0.6 is 31.7 Å². The molecule has 1 aliphatic rings. The van der Waals surface area contributed by atoms with E-state index in [-0.39, 0.29) is 26.3 Å². The molecule has 1 unspecified atom stereocenters. The van der Waals surface area contributed by atoms with Crippen molar-refractivity contribution < 1.29 is 25.5 Å². The van der Waals surface area contributed by atoms with Gasteiger partial charge in [-0.25, -0.2) is 0 Å². The van der Waals surface area contributed by atoms with Crippen LogP contribution in [0.1, 0.15) is 92.4 Å². The summed E-state index contributed by atoms with van der Waals surface area (Å²) < 4.78 is 6.80. The van der Waals surface area contributed by atoms with Crippen LogP contribution in [0, 0.1) is 22.7 Å². The van der Waals surface area contributed by atoms with E-state index in [1.54, 1.807) is 0 Å². The number of nitriles is 1. The second kappa shape index (κ2) is 44.7. The summed E-state index contributed by atoms with van der Waals surface area (Å²) in [6, 6.07) is 132. The molecule has 0 amide bonds. The van der Waals surface area contributed by atoms with Gasteiger partial charge in [0.05, 0.1) is 0 Å². The summed E-state index contributed by atoms with van der Waals surface area (Å²) in [5.41, 5.74) is -1.50. The summed E-state index contributed by atoms with van der Waals surface area (Å²) in [6.07, 6.45) is 12.7. The van der Waals surface area contributed by atoms with Crippen LogP contribution in [0.4, 0.5) is 0 Å². The van der Waals surface area contributed by atoms with Crippen molar-refractivity contribution >= 4 is 114 Å². The van der Waals surface area contributed by atoms with Crippen molar-refractivity contribution in [1.82, 2.24) is 0 Å². The third-order valence-electron chi connectivity index (χ3n) is 19.0. The van der Waals surface area contributed by atoms with E-state index in [9.17, 15) is 10.4 Å². The minimum absolute atomic E-state index is 0. The van der Waals surface area contributed by atoms with Gasteiger partial charge in [-0.1, -0.05) is 364 Å². The molecule has 0 aliphatic heterocycles. The number of nitrogens with zero attached hydrogens (tertiary/aromatic N) is 1. The van der Waals surface area contributed by atoms with Crippen molar-refractivity contribution in [3.8, 4) is 6.07 Å². The van der Waals surface area contributed by atoms with Crippen LogP contribution in [0.25, 0.3) is 0 Å². The minimum atomic E-state index is -2.43. The number of rotatable bonds is 25. The number of hydrogen-bond acceptors (Lipinski definition) is 2. The van der Waals surface area contributed by atoms with Gasteiger partial charge in [-0.2, -0.15) is 0 Å². The van der Waals surface area contributed by atoms with Crippen LogP contribution < -0.4 is 63.7 Å². The van der Waals surface area contributed by atoms with Crippen molar-refractivity contribution in [1.29, 1.82) is 5.26 Å². The molecule has 0 saturated heterocycles. The van der Waals surface area contributed by atoms with E-state index in [1.165, 1.54) is 115 Å². The number of unbranched alkanes of at least 4 members (excludes halogenated alkanes) is 3. The van der Waals surface area contributed by atoms with Crippen molar-refractivity contribution in [2.75, 3.05) is 0 Å². The summed E-state index contributed by atoms with van der Waals surface area (Å²) >= 11 is -2.43. The molecule has 2 nitrogen and oxygen atoms in total. The third-order valence-corrected chi connectivity index (χ3v) is 42.8. The topological polar surface area (TPSA) is 44.0 Å². The zero-order valence-electron chi connectivity index (χ0n) is 60.9. The zero-order chi connectivity index (χ0) is 71.3. The summed E-state index contributed by atoms with van der Waals surface area (Å²) in [4.78, 5) is 0. The molecule has 1 atom stereocenters. The second-order valence-corrected chi connectivity index (χ2v) is 48.3. The molecule has 8 heteroatoms. The SMILES string of the molecule is CCC[CH2][Sn](/[CH]=C/C(O)(C(C)C)C1(C#N)CCC1)([CH2]CCC)[CH2]CCC.[Pd].c1ccc(P(c2ccccc2)c2ccccc2)cc1.c1ccc(P(c2ccccc2)c2ccccc2)cc1.c1ccc(P(c2ccccc2)c2ccccc2)cc1.c1ccc(P(c2ccccc2)c2ccccc2)cc1. The number of benzene rings is 12. The van der Waals surface area contributed by atoms with Gasteiger partial charge in [0.2, 0.25) is 0 Å². The van der Waals surface area contributed by atoms with Gasteiger partial charge >= 0.3 is 168 Å². The van der Waals surface area contributed by atoms with E-state index in [0.717, 1.165) is 19.3 Å². The van der Waals surface area contributed by atoms with E-state index in [2.05, 4.69) is 415 Å². The Labute approximate surface area is 641 Å². The molecule has 1 aliphatic carbocycles. The van der Waals surface area contributed by atoms with Gasteiger partial charge in [-0.15, -0.1) is 0 Å². The van der Waals surface area contributed by atoms with Gasteiger partial charge < -0.3 is 0 Å². The molecule has 0 spiro atoms. The normalized spacial score (nSPS) is 12.7. The summed E-state index contributed by atoms with van der Waals surface area (Å²) in [5.74, 6) is 0.0891. The Kier molecular flexibility index (Phi) is 35.5. The van der Waals surface area contributed by atoms with E-state index < -0.39 is 61.1 Å². The molecule has 0 radical (unpaired) electrons. The summed E-state index contributed by atoms with van der Waals surface area (Å²) in [7, 11) is -1.78. The Hall–Kier alpha value is -6.99. The maximum absolute atomic E-state index is 11.6. The first-order chi connectivity index (χ1) is 50.1. The molecule has 1 N–H and O–H groups in total. The third kappa shape index (κ3) is 24.0. The van der Waals surface area contributed by atoms with Crippen LogP contribution in [0.5, 0.6) is 0 Å². The first kappa shape index (κ1) is 81.7. The van der Waals surface area contributed by atoms with Gasteiger partial charge in [0.1, 0.15) is 0 Å². The quantitative estimate of drug-likeness (QED) is 0.0458. The van der Waals surface area contributed by atoms with E-state index in [0.29, 0.717) is 0 Å². The molecular formula is C95H103NOP4PdSn. The fourth-order valence-electron chi connectivity index (χ4n) is 13.3. The largest absolute Gasteiger partial charge is 0.0622 e. The van der Waals surface area contributed by atoms with Crippen molar-refractivity contribution in [3.05, 3.63) is 374 Å². The van der Waals surface area contributed by atoms with Crippen LogP contribution in [0.2, 0.25) is 13.3 Å². The molecule has 0 heterocycles. The Morgan fingerprint density at radius 1 is 0.340 bits per heavy atom. The van der Waals surface area contributed by atoms with Crippen molar-refractivity contribution in [2.24, 2.45) is 11.3 Å². The number of hydrogen-bond donors (Lipinski definition) is 1. The predicted octanol–water partition coefficient (Wildman–Crippen LogP) is 20.8. The van der Waals surface area contributed by atoms with Gasteiger partial charge in [-0.05, 0) is 95.3 Å². The van der Waals surface area contributed by atoms with E-state index >= 15 is 0 Å². The Morgan fingerprint density at radius 3 is 0.621 bits per heavy atom. The molecule has 103 heavy (non-hydrogen) atoms. The van der Waals surface area contributed by atoms with Gasteiger partial charge in [0.15, 0.2) is 0 Å². The second-order valence-electron chi connectivity index (χ2n) is 26.4. The van der Waals surface area contributed by atoms with E-state index in [4.69, 9.17) is 0 Å². The fraction of sp³-hybridized carbons (Fsp3) is 0.211. The van der Waals surface area contributed by atoms with E-state index in [1.807, 2.05) is 0 Å². The van der Waals surface area contributed by atoms with Crippen LogP contribution in [0.3, 0.4) is 0 Å². The molecule has 528 valence electrons. The number of aliphatic hydroxyl groups is 1. The molecular weight excluding hydrogens is 1520 g/mol. The maximum Gasteiger partial charge on any atom is 0 e. The Balaban J connectivity index is 0.000000163. The van der Waals surface area contributed by atoms with Gasteiger partial charge in [0, 0.05) is 20.4 Å². The summed E-state index contributed by atoms with van der Waals surface area (Å²) in [6.45, 7) is 11.1. The molecule has 0 bridgehead atoms. The van der Waals surface area contributed by atoms with Crippen molar-refractivity contribution in [2.45, 2.75) is 111 Å². The van der Waals surface area contributed by atoms with Crippen molar-refractivity contribution in [3.63, 3.8) is 0 Å².